The van der Waals surface area contributed by atoms with Crippen molar-refractivity contribution in [2.75, 3.05) is 5.32 Å². The minimum absolute atomic E-state index is 0.220. The van der Waals surface area contributed by atoms with Crippen molar-refractivity contribution >= 4 is 40.5 Å². The van der Waals surface area contributed by atoms with Gasteiger partial charge in [-0.15, -0.1) is 0 Å². The highest BCUT2D eigenvalue weighted by Gasteiger charge is 2.10. The summed E-state index contributed by atoms with van der Waals surface area (Å²) in [6.45, 7) is 1.92. The predicted octanol–water partition coefficient (Wildman–Crippen LogP) is 5.50. The van der Waals surface area contributed by atoms with Gasteiger partial charge in [0, 0.05) is 28.5 Å². The molecule has 0 aliphatic heterocycles. The third kappa shape index (κ3) is 3.94. The fourth-order valence-electron chi connectivity index (χ4n) is 2.79. The Hall–Kier alpha value is -3.44. The van der Waals surface area contributed by atoms with E-state index in [0.717, 1.165) is 22.4 Å². The van der Waals surface area contributed by atoms with E-state index in [2.05, 4.69) is 15.3 Å². The Kier molecular flexibility index (Phi) is 4.91. The molecule has 1 N–H and O–H groups in total. The fourth-order valence-corrected chi connectivity index (χ4v) is 2.98. The number of benzene rings is 2. The van der Waals surface area contributed by atoms with Crippen LogP contribution in [-0.4, -0.2) is 15.9 Å². The maximum Gasteiger partial charge on any atom is 0.248 e. The molecule has 0 aliphatic rings. The lowest BCUT2D eigenvalue weighted by Gasteiger charge is -2.07. The van der Waals surface area contributed by atoms with Gasteiger partial charge in [0.05, 0.1) is 0 Å². The van der Waals surface area contributed by atoms with Crippen LogP contribution in [0.5, 0.6) is 0 Å². The molecule has 2 heterocycles. The Balaban J connectivity index is 1.50. The number of pyridine rings is 1. The van der Waals surface area contributed by atoms with Crippen LogP contribution in [0.3, 0.4) is 0 Å². The molecular weight excluding hydrogens is 374 g/mol. The number of anilines is 1. The average Bonchev–Trinajstić information content (AvgIpc) is 3.12. The Morgan fingerprint density at radius 3 is 2.82 bits per heavy atom. The molecule has 1 amide bonds. The third-order valence-electron chi connectivity index (χ3n) is 4.17. The first kappa shape index (κ1) is 17.9. The number of fused-ring (bicyclic) bond motifs is 1. The number of nitrogens with one attached hydrogen (secondary N) is 1. The summed E-state index contributed by atoms with van der Waals surface area (Å²) in [6, 6.07) is 16.5. The van der Waals surface area contributed by atoms with Crippen molar-refractivity contribution in [1.82, 2.24) is 9.97 Å². The maximum absolute atomic E-state index is 12.2. The zero-order valence-electron chi connectivity index (χ0n) is 15.0. The van der Waals surface area contributed by atoms with Gasteiger partial charge in [0.15, 0.2) is 11.2 Å². The van der Waals surface area contributed by atoms with Crippen LogP contribution in [0.4, 0.5) is 5.69 Å². The van der Waals surface area contributed by atoms with Crippen molar-refractivity contribution in [1.29, 1.82) is 0 Å². The van der Waals surface area contributed by atoms with Gasteiger partial charge in [0.2, 0.25) is 11.8 Å². The zero-order valence-corrected chi connectivity index (χ0v) is 15.8. The lowest BCUT2D eigenvalue weighted by Crippen LogP contribution is -2.08. The Bertz CT molecular complexity index is 1160. The smallest absolute Gasteiger partial charge is 0.248 e. The van der Waals surface area contributed by atoms with E-state index in [9.17, 15) is 4.79 Å². The van der Waals surface area contributed by atoms with Crippen LogP contribution < -0.4 is 5.32 Å². The maximum atomic E-state index is 12.2. The van der Waals surface area contributed by atoms with Crippen LogP contribution >= 0.6 is 11.6 Å². The Labute approximate surface area is 166 Å². The van der Waals surface area contributed by atoms with Gasteiger partial charge in [-0.2, -0.15) is 4.98 Å². The zero-order chi connectivity index (χ0) is 19.5. The summed E-state index contributed by atoms with van der Waals surface area (Å²) in [5, 5.41) is 3.51. The van der Waals surface area contributed by atoms with Crippen LogP contribution in [-0.2, 0) is 4.79 Å². The molecule has 0 atom stereocenters. The molecule has 2 aromatic heterocycles. The summed E-state index contributed by atoms with van der Waals surface area (Å²) < 4.78 is 5.74. The van der Waals surface area contributed by atoms with Gasteiger partial charge in [-0.25, -0.2) is 4.98 Å². The van der Waals surface area contributed by atoms with Gasteiger partial charge in [0.25, 0.3) is 0 Å². The summed E-state index contributed by atoms with van der Waals surface area (Å²) in [7, 11) is 0. The lowest BCUT2D eigenvalue weighted by molar-refractivity contribution is -0.111. The Morgan fingerprint density at radius 2 is 2.04 bits per heavy atom. The minimum Gasteiger partial charge on any atom is -0.434 e. The van der Waals surface area contributed by atoms with Crippen molar-refractivity contribution in [3.8, 4) is 11.5 Å². The molecule has 0 saturated carbocycles. The molecule has 0 spiro atoms. The van der Waals surface area contributed by atoms with Gasteiger partial charge >= 0.3 is 0 Å². The second kappa shape index (κ2) is 7.66. The molecule has 0 fully saturated rings. The number of oxazole rings is 1. The van der Waals surface area contributed by atoms with Crippen molar-refractivity contribution in [2.45, 2.75) is 6.92 Å². The van der Waals surface area contributed by atoms with Gasteiger partial charge in [0.1, 0.15) is 0 Å². The van der Waals surface area contributed by atoms with Crippen LogP contribution in [0.15, 0.2) is 71.3 Å². The van der Waals surface area contributed by atoms with Crippen molar-refractivity contribution in [3.05, 3.63) is 83.0 Å². The van der Waals surface area contributed by atoms with Crippen molar-refractivity contribution in [2.24, 2.45) is 0 Å². The summed E-state index contributed by atoms with van der Waals surface area (Å²) in [5.74, 6) is 0.275. The highest BCUT2D eigenvalue weighted by Crippen LogP contribution is 2.26. The number of amides is 1. The third-order valence-corrected chi connectivity index (χ3v) is 4.41. The van der Waals surface area contributed by atoms with Crippen LogP contribution in [0.2, 0.25) is 5.02 Å². The van der Waals surface area contributed by atoms with E-state index in [1.54, 1.807) is 30.5 Å². The molecule has 28 heavy (non-hydrogen) atoms. The quantitative estimate of drug-likeness (QED) is 0.468. The standard InChI is InChI=1S/C22H16ClN3O2/c1-14-12-16(22-26-21-19(28-22)6-3-11-24-21)8-9-18(14)25-20(27)10-7-15-4-2-5-17(23)13-15/h2-13H,1H3,(H,25,27)/b10-7+. The van der Waals surface area contributed by atoms with Crippen molar-refractivity contribution < 1.29 is 9.21 Å². The van der Waals surface area contributed by atoms with E-state index in [0.29, 0.717) is 22.1 Å². The molecule has 0 bridgehead atoms. The molecule has 4 aromatic rings. The number of hydrogen-bond acceptors (Lipinski definition) is 4. The van der Waals surface area contributed by atoms with Crippen LogP contribution in [0.25, 0.3) is 28.8 Å². The second-order valence-corrected chi connectivity index (χ2v) is 6.69. The van der Waals surface area contributed by atoms with Gasteiger partial charge in [-0.05, 0) is 66.6 Å². The highest BCUT2D eigenvalue weighted by atomic mass is 35.5. The number of aromatic nitrogens is 2. The molecule has 5 nitrogen and oxygen atoms in total. The normalized spacial score (nSPS) is 11.2. The first-order valence-electron chi connectivity index (χ1n) is 8.66. The van der Waals surface area contributed by atoms with Gasteiger partial charge < -0.3 is 9.73 Å². The van der Waals surface area contributed by atoms with Gasteiger partial charge in [-0.1, -0.05) is 23.7 Å². The number of aryl methyl sites for hydroxylation is 1. The summed E-state index contributed by atoms with van der Waals surface area (Å²) in [5.41, 5.74) is 4.51. The topological polar surface area (TPSA) is 68.0 Å². The SMILES string of the molecule is Cc1cc(-c2nc3ncccc3o2)ccc1NC(=O)/C=C/c1cccc(Cl)c1. The van der Waals surface area contributed by atoms with Gasteiger partial charge in [-0.3, -0.25) is 4.79 Å². The van der Waals surface area contributed by atoms with Crippen LogP contribution in [0, 0.1) is 6.92 Å². The highest BCUT2D eigenvalue weighted by molar-refractivity contribution is 6.30. The van der Waals surface area contributed by atoms with E-state index in [1.807, 2.05) is 43.3 Å². The lowest BCUT2D eigenvalue weighted by atomic mass is 10.1. The second-order valence-electron chi connectivity index (χ2n) is 6.25. The van der Waals surface area contributed by atoms with Crippen LogP contribution in [0.1, 0.15) is 11.1 Å². The molecule has 138 valence electrons. The molecule has 0 unspecified atom stereocenters. The van der Waals surface area contributed by atoms with E-state index >= 15 is 0 Å². The van der Waals surface area contributed by atoms with Crippen molar-refractivity contribution in [3.63, 3.8) is 0 Å². The monoisotopic (exact) mass is 389 g/mol. The first-order valence-corrected chi connectivity index (χ1v) is 9.03. The molecule has 6 heteroatoms. The average molecular weight is 390 g/mol. The number of carbonyl (C=O) groups excluding carboxylic acids is 1. The number of carbonyl (C=O) groups is 1. The summed E-state index contributed by atoms with van der Waals surface area (Å²) in [4.78, 5) is 20.8. The molecular formula is C22H16ClN3O2. The number of hydrogen-bond donors (Lipinski definition) is 1. The molecule has 0 radical (unpaired) electrons. The van der Waals surface area contributed by atoms with E-state index in [4.69, 9.17) is 16.0 Å². The van der Waals surface area contributed by atoms with E-state index in [1.165, 1.54) is 6.08 Å². The molecule has 0 aliphatic carbocycles. The fraction of sp³-hybridized carbons (Fsp3) is 0.0455. The number of rotatable bonds is 4. The Morgan fingerprint density at radius 1 is 1.14 bits per heavy atom. The number of halogens is 1. The van der Waals surface area contributed by atoms with E-state index in [-0.39, 0.29) is 5.91 Å². The predicted molar refractivity (Wildman–Crippen MR) is 111 cm³/mol. The first-order chi connectivity index (χ1) is 13.6. The largest absolute Gasteiger partial charge is 0.434 e. The molecule has 2 aromatic carbocycles. The van der Waals surface area contributed by atoms with E-state index < -0.39 is 0 Å². The molecule has 4 rings (SSSR count). The minimum atomic E-state index is -0.220. The number of nitrogens with zero attached hydrogens (tertiary/aromatic N) is 2. The summed E-state index contributed by atoms with van der Waals surface area (Å²) >= 11 is 5.95. The molecule has 0 saturated heterocycles. The summed E-state index contributed by atoms with van der Waals surface area (Å²) in [6.07, 6.45) is 4.87.